The lowest BCUT2D eigenvalue weighted by molar-refractivity contribution is -0.166. The number of esters is 3. The predicted molar refractivity (Wildman–Crippen MR) is 345 cm³/mol. The molecule has 1 aromatic rings. The number of carbonyl (C=O) groups excluding carboxylic acids is 5. The number of hydrogen-bond donors (Lipinski definition) is 3. The number of aliphatic imine (C=N–C) groups is 1. The lowest BCUT2D eigenvalue weighted by Crippen LogP contribution is -2.51. The van der Waals surface area contributed by atoms with Gasteiger partial charge in [-0.05, 0) is 122 Å². The van der Waals surface area contributed by atoms with Gasteiger partial charge < -0.3 is 44.0 Å². The van der Waals surface area contributed by atoms with Crippen molar-refractivity contribution in [2.75, 3.05) is 57.8 Å². The van der Waals surface area contributed by atoms with E-state index in [0.717, 1.165) is 32.1 Å². The molecule has 2 saturated carbocycles. The quantitative estimate of drug-likeness (QED) is 0.0505. The van der Waals surface area contributed by atoms with E-state index in [4.69, 9.17) is 33.4 Å². The SMILES string of the molecule is CCCOCC1CC(C(C)(C)C)C(OC(=O)c2c(NC(=O)C(C)SCCOC(=O)C(C)(C)CC)[nH]c(C=C3N=C(NC(=O)C(C)(C)C)C(C(=O)OC4C(C(C)(C)C)CC(COCCOC)CC4C(C)(C)C)=C3C(C)C)c2C(C)C)C(C(C)(C)C)C1. The van der Waals surface area contributed by atoms with E-state index >= 15 is 9.59 Å². The van der Waals surface area contributed by atoms with E-state index < -0.39 is 40.2 Å². The van der Waals surface area contributed by atoms with Crippen LogP contribution in [0.25, 0.3) is 6.08 Å². The van der Waals surface area contributed by atoms with Gasteiger partial charge in [-0.15, -0.1) is 11.8 Å². The van der Waals surface area contributed by atoms with Gasteiger partial charge in [0, 0.05) is 67.5 Å². The Hall–Kier alpha value is -3.99. The Bertz CT molecular complexity index is 2490. The summed E-state index contributed by atoms with van der Waals surface area (Å²) in [6.07, 6.45) is 5.69. The Labute approximate surface area is 518 Å². The standard InChI is InChI=1S/C69H116N4O11S/c1-26-28-80-38-43-33-45(64(8,9)10)55(46(34-43)65(11,12)13)83-60(75)53-51(40(3)4)49(70-57(53)72-59(74)42(7)85-32-31-82-63(78)69(23,24)27-2)37-50-52(41(5)6)54(58(71-50)73-62(77)68(20,21)22)61(76)84-56-47(66(14,15)16)35-44(39-81-30-29-79-25)36-48(56)67(17,18)19/h37,40-48,55-56,70H,26-36,38-39H2,1-25H3,(H,72,74)(H,71,73,77). The second-order valence-electron chi connectivity index (χ2n) is 31.3. The van der Waals surface area contributed by atoms with Gasteiger partial charge in [-0.2, -0.15) is 0 Å². The van der Waals surface area contributed by atoms with Crippen LogP contribution < -0.4 is 10.6 Å². The van der Waals surface area contributed by atoms with Crippen LogP contribution in [-0.4, -0.2) is 111 Å². The van der Waals surface area contributed by atoms with E-state index in [2.05, 4.69) is 106 Å². The molecule has 3 aliphatic rings. The molecular weight excluding hydrogens is 1090 g/mol. The zero-order valence-electron chi connectivity index (χ0n) is 57.5. The van der Waals surface area contributed by atoms with Crippen LogP contribution in [0.4, 0.5) is 5.82 Å². The highest BCUT2D eigenvalue weighted by atomic mass is 32.2. The fourth-order valence-corrected chi connectivity index (χ4v) is 13.1. The summed E-state index contributed by atoms with van der Waals surface area (Å²) in [6.45, 7) is 52.5. The summed E-state index contributed by atoms with van der Waals surface area (Å²) >= 11 is 1.34. The zero-order valence-corrected chi connectivity index (χ0v) is 58.3. The highest BCUT2D eigenvalue weighted by Crippen LogP contribution is 2.52. The number of thioether (sulfide) groups is 1. The molecule has 0 bridgehead atoms. The van der Waals surface area contributed by atoms with Gasteiger partial charge in [-0.25, -0.2) is 14.6 Å². The van der Waals surface area contributed by atoms with Gasteiger partial charge >= 0.3 is 17.9 Å². The highest BCUT2D eigenvalue weighted by molar-refractivity contribution is 8.00. The molecule has 1 aromatic heterocycles. The Morgan fingerprint density at radius 3 is 1.55 bits per heavy atom. The fraction of sp³-hybridized carbons (Fsp3) is 0.797. The minimum Gasteiger partial charge on any atom is -0.464 e. The number of anilines is 1. The number of nitrogens with one attached hydrogen (secondary N) is 3. The smallest absolute Gasteiger partial charge is 0.342 e. The maximum Gasteiger partial charge on any atom is 0.342 e. The second kappa shape index (κ2) is 30.0. The lowest BCUT2D eigenvalue weighted by atomic mass is 9.58. The van der Waals surface area contributed by atoms with Gasteiger partial charge in [0.1, 0.15) is 41.6 Å². The number of nitrogens with zero attached hydrogens (tertiary/aromatic N) is 1. The van der Waals surface area contributed by atoms with Crippen molar-refractivity contribution in [1.29, 1.82) is 0 Å². The van der Waals surface area contributed by atoms with Crippen molar-refractivity contribution < 1.29 is 52.4 Å². The predicted octanol–water partition coefficient (Wildman–Crippen LogP) is 15.0. The number of H-pyrrole nitrogens is 1. The number of rotatable bonds is 24. The molecule has 0 spiro atoms. The second-order valence-corrected chi connectivity index (χ2v) is 32.8. The van der Waals surface area contributed by atoms with Crippen molar-refractivity contribution in [2.45, 2.75) is 228 Å². The van der Waals surface area contributed by atoms with Crippen LogP contribution in [-0.2, 0) is 47.6 Å². The molecule has 2 fully saturated rings. The number of aromatic nitrogens is 1. The van der Waals surface area contributed by atoms with Gasteiger partial charge in [0.15, 0.2) is 0 Å². The summed E-state index contributed by atoms with van der Waals surface area (Å²) in [5.41, 5.74) is -0.00945. The number of hydrogen-bond acceptors (Lipinski definition) is 13. The van der Waals surface area contributed by atoms with Crippen LogP contribution in [0.1, 0.15) is 232 Å². The third-order valence-corrected chi connectivity index (χ3v) is 19.1. The molecule has 1 aliphatic heterocycles. The molecule has 484 valence electrons. The Balaban J connectivity index is 1.98. The van der Waals surface area contributed by atoms with Gasteiger partial charge in [0.05, 0.1) is 29.6 Å². The van der Waals surface area contributed by atoms with Crippen molar-refractivity contribution >= 4 is 59.2 Å². The number of methoxy groups -OCH3 is 1. The summed E-state index contributed by atoms with van der Waals surface area (Å²) < 4.78 is 37.2. The molecule has 2 amide bonds. The summed E-state index contributed by atoms with van der Waals surface area (Å²) in [4.78, 5) is 81.3. The van der Waals surface area contributed by atoms with Gasteiger partial charge in [-0.1, -0.05) is 145 Å². The first-order valence-corrected chi connectivity index (χ1v) is 32.9. The van der Waals surface area contributed by atoms with Crippen molar-refractivity contribution in [3.8, 4) is 0 Å². The van der Waals surface area contributed by atoms with E-state index in [-0.39, 0.29) is 116 Å². The molecule has 16 heteroatoms. The first-order valence-electron chi connectivity index (χ1n) is 31.9. The third kappa shape index (κ3) is 19.8. The van der Waals surface area contributed by atoms with Crippen LogP contribution in [0.3, 0.4) is 0 Å². The average Bonchev–Trinajstić information content (AvgIpc) is 2.37. The Morgan fingerprint density at radius 1 is 0.647 bits per heavy atom. The zero-order chi connectivity index (χ0) is 64.5. The molecular formula is C69H116N4O11S. The molecule has 4 rings (SSSR count). The Kier molecular flexibility index (Phi) is 25.9. The molecule has 0 aromatic carbocycles. The average molecular weight is 1210 g/mol. The largest absolute Gasteiger partial charge is 0.464 e. The first kappa shape index (κ1) is 73.5. The number of allylic oxidation sites excluding steroid dienone is 1. The normalized spacial score (nSPS) is 23.8. The van der Waals surface area contributed by atoms with Crippen LogP contribution in [0, 0.1) is 73.9 Å². The van der Waals surface area contributed by atoms with Crippen LogP contribution >= 0.6 is 11.8 Å². The van der Waals surface area contributed by atoms with Crippen molar-refractivity contribution in [1.82, 2.24) is 10.3 Å². The molecule has 5 unspecified atom stereocenters. The van der Waals surface area contributed by atoms with Gasteiger partial charge in [0.2, 0.25) is 11.8 Å². The van der Waals surface area contributed by atoms with E-state index in [0.29, 0.717) is 67.7 Å². The summed E-state index contributed by atoms with van der Waals surface area (Å²) in [6, 6.07) is 0. The number of aromatic amines is 1. The third-order valence-electron chi connectivity index (χ3n) is 17.9. The maximum absolute atomic E-state index is 15.7. The van der Waals surface area contributed by atoms with Crippen LogP contribution in [0.15, 0.2) is 21.8 Å². The van der Waals surface area contributed by atoms with E-state index in [1.807, 2.05) is 75.3 Å². The first-order chi connectivity index (χ1) is 39.1. The monoisotopic (exact) mass is 1210 g/mol. The van der Waals surface area contributed by atoms with Gasteiger partial charge in [0.25, 0.3) is 0 Å². The minimum absolute atomic E-state index is 0.0156. The lowest BCUT2D eigenvalue weighted by Gasteiger charge is -2.50. The van der Waals surface area contributed by atoms with E-state index in [9.17, 15) is 14.4 Å². The molecule has 2 aliphatic carbocycles. The molecule has 3 N–H and O–H groups in total. The number of amides is 2. The van der Waals surface area contributed by atoms with Crippen molar-refractivity contribution in [2.24, 2.45) is 78.9 Å². The summed E-state index contributed by atoms with van der Waals surface area (Å²) in [7, 11) is 1.67. The Morgan fingerprint density at radius 2 is 1.13 bits per heavy atom. The molecule has 85 heavy (non-hydrogen) atoms. The summed E-state index contributed by atoms with van der Waals surface area (Å²) in [5, 5.41) is 5.56. The molecule has 5 atom stereocenters. The molecule has 2 heterocycles. The van der Waals surface area contributed by atoms with Crippen molar-refractivity contribution in [3.05, 3.63) is 33.7 Å². The fourth-order valence-electron chi connectivity index (χ4n) is 12.3. The number of amidine groups is 1. The number of ether oxygens (including phenoxy) is 6. The van der Waals surface area contributed by atoms with Crippen molar-refractivity contribution in [3.63, 3.8) is 0 Å². The van der Waals surface area contributed by atoms with Gasteiger partial charge in [-0.3, -0.25) is 14.4 Å². The molecule has 0 saturated heterocycles. The maximum atomic E-state index is 15.7. The molecule has 0 radical (unpaired) electrons. The van der Waals surface area contributed by atoms with E-state index in [1.54, 1.807) is 14.0 Å². The minimum atomic E-state index is -0.848. The van der Waals surface area contributed by atoms with Crippen LogP contribution in [0.2, 0.25) is 0 Å². The topological polar surface area (TPSA) is 193 Å². The highest BCUT2D eigenvalue weighted by Gasteiger charge is 2.52. The van der Waals surface area contributed by atoms with E-state index in [1.165, 1.54) is 11.8 Å². The summed E-state index contributed by atoms with van der Waals surface area (Å²) in [5.74, 6) is -1.65. The van der Waals surface area contributed by atoms with Crippen LogP contribution in [0.5, 0.6) is 0 Å². The molecule has 15 nitrogen and oxygen atoms in total. The number of carbonyl (C=O) groups is 5.